The Bertz CT molecular complexity index is 627. The molecule has 1 aromatic heterocycles. The molecule has 1 aliphatic heterocycles. The highest BCUT2D eigenvalue weighted by Gasteiger charge is 2.33. The fourth-order valence-electron chi connectivity index (χ4n) is 2.37. The van der Waals surface area contributed by atoms with E-state index in [2.05, 4.69) is 14.7 Å². The largest absolute Gasteiger partial charge is 0.359 e. The minimum Gasteiger partial charge on any atom is -0.359 e. The molecule has 1 amide bonds. The van der Waals surface area contributed by atoms with E-state index >= 15 is 0 Å². The van der Waals surface area contributed by atoms with Crippen molar-refractivity contribution in [2.24, 2.45) is 0 Å². The molecule has 0 aromatic carbocycles. The number of nitrogens with one attached hydrogen (secondary N) is 1. The number of nitrogens with zero attached hydrogens (tertiary/aromatic N) is 3. The lowest BCUT2D eigenvalue weighted by atomic mass is 10.2. The zero-order valence-electron chi connectivity index (χ0n) is 13.1. The van der Waals surface area contributed by atoms with E-state index < -0.39 is 9.84 Å². The van der Waals surface area contributed by atoms with Crippen LogP contribution in [0.5, 0.6) is 0 Å². The summed E-state index contributed by atoms with van der Waals surface area (Å²) in [5.74, 6) is 1.09. The summed E-state index contributed by atoms with van der Waals surface area (Å²) in [6.45, 7) is 5.05. The molecule has 1 aliphatic rings. The maximum atomic E-state index is 11.8. The number of carbonyl (C=O) groups excluding carboxylic acids is 1. The number of rotatable bonds is 5. The molecule has 7 nitrogen and oxygen atoms in total. The van der Waals surface area contributed by atoms with Crippen molar-refractivity contribution in [3.05, 3.63) is 10.8 Å². The first kappa shape index (κ1) is 17.3. The Morgan fingerprint density at radius 2 is 2.23 bits per heavy atom. The Morgan fingerprint density at radius 3 is 2.82 bits per heavy atom. The molecule has 0 radical (unpaired) electrons. The second-order valence-electron chi connectivity index (χ2n) is 5.82. The van der Waals surface area contributed by atoms with Crippen LogP contribution in [0.25, 0.3) is 0 Å². The smallest absolute Gasteiger partial charge is 0.221 e. The van der Waals surface area contributed by atoms with E-state index in [0.717, 1.165) is 10.8 Å². The normalized spacial score (nSPS) is 21.9. The molecular weight excluding hydrogens is 324 g/mol. The van der Waals surface area contributed by atoms with Crippen molar-refractivity contribution in [1.29, 1.82) is 0 Å². The number of hydrogen-bond acceptors (Lipinski definition) is 7. The first-order chi connectivity index (χ1) is 10.3. The third-order valence-corrected chi connectivity index (χ3v) is 6.10. The fraction of sp³-hybridized carbons (Fsp3) is 0.769. The van der Waals surface area contributed by atoms with Gasteiger partial charge in [0.25, 0.3) is 0 Å². The molecule has 0 spiro atoms. The lowest BCUT2D eigenvalue weighted by Crippen LogP contribution is -2.49. The van der Waals surface area contributed by atoms with Gasteiger partial charge in [0.2, 0.25) is 5.91 Å². The van der Waals surface area contributed by atoms with Gasteiger partial charge in [0.15, 0.2) is 9.84 Å². The zero-order valence-corrected chi connectivity index (χ0v) is 14.7. The van der Waals surface area contributed by atoms with Crippen LogP contribution in [0, 0.1) is 0 Å². The van der Waals surface area contributed by atoms with Crippen LogP contribution in [0.2, 0.25) is 0 Å². The van der Waals surface area contributed by atoms with Crippen molar-refractivity contribution in [1.82, 2.24) is 19.6 Å². The molecule has 2 heterocycles. The molecule has 124 valence electrons. The van der Waals surface area contributed by atoms with E-state index in [4.69, 9.17) is 0 Å². The molecule has 1 aromatic rings. The molecule has 1 unspecified atom stereocenters. The van der Waals surface area contributed by atoms with Gasteiger partial charge in [-0.2, -0.15) is 4.37 Å². The molecular formula is C13H22N4O3S2. The van der Waals surface area contributed by atoms with Crippen molar-refractivity contribution >= 4 is 27.3 Å². The van der Waals surface area contributed by atoms with Gasteiger partial charge in [0.05, 0.1) is 18.1 Å². The van der Waals surface area contributed by atoms with Crippen LogP contribution in [0.4, 0.5) is 0 Å². The summed E-state index contributed by atoms with van der Waals surface area (Å²) in [4.78, 5) is 18.1. The average Bonchev–Trinajstić information content (AvgIpc) is 2.90. The first-order valence-corrected chi connectivity index (χ1v) is 9.87. The number of aromatic nitrogens is 2. The third-order valence-electron chi connectivity index (χ3n) is 3.69. The van der Waals surface area contributed by atoms with Gasteiger partial charge in [-0.05, 0) is 11.5 Å². The Balaban J connectivity index is 2.10. The predicted molar refractivity (Wildman–Crippen MR) is 85.5 cm³/mol. The summed E-state index contributed by atoms with van der Waals surface area (Å²) in [6, 6.07) is -0.301. The quantitative estimate of drug-likeness (QED) is 0.829. The van der Waals surface area contributed by atoms with Crippen molar-refractivity contribution in [3.8, 4) is 0 Å². The Kier molecular flexibility index (Phi) is 5.51. The molecule has 1 fully saturated rings. The standard InChI is InChI=1S/C13H22N4O3S2/c1-9(2)13-15-12(21-16-13)7-17-4-5-22(19,20)8-10(17)6-11(18)14-3/h9-10H,4-8H2,1-3H3,(H,14,18). The van der Waals surface area contributed by atoms with E-state index in [-0.39, 0.29) is 35.8 Å². The van der Waals surface area contributed by atoms with Crippen LogP contribution in [0.3, 0.4) is 0 Å². The van der Waals surface area contributed by atoms with Gasteiger partial charge in [0, 0.05) is 32.0 Å². The van der Waals surface area contributed by atoms with Crippen LogP contribution in [-0.2, 0) is 21.2 Å². The molecule has 1 saturated heterocycles. The van der Waals surface area contributed by atoms with Gasteiger partial charge < -0.3 is 5.32 Å². The lowest BCUT2D eigenvalue weighted by Gasteiger charge is -2.34. The van der Waals surface area contributed by atoms with Crippen LogP contribution in [-0.4, -0.2) is 59.7 Å². The van der Waals surface area contributed by atoms with Crippen LogP contribution in [0.15, 0.2) is 0 Å². The minimum absolute atomic E-state index is 0.0241. The Labute approximate surface area is 135 Å². The number of hydrogen-bond donors (Lipinski definition) is 1. The second-order valence-corrected chi connectivity index (χ2v) is 8.88. The van der Waals surface area contributed by atoms with Gasteiger partial charge >= 0.3 is 0 Å². The molecule has 9 heteroatoms. The average molecular weight is 346 g/mol. The van der Waals surface area contributed by atoms with Gasteiger partial charge in [0.1, 0.15) is 10.8 Å². The summed E-state index contributed by atoms with van der Waals surface area (Å²) >= 11 is 1.35. The van der Waals surface area contributed by atoms with E-state index in [1.54, 1.807) is 7.05 Å². The van der Waals surface area contributed by atoms with E-state index in [1.807, 2.05) is 18.7 Å². The van der Waals surface area contributed by atoms with E-state index in [0.29, 0.717) is 13.1 Å². The summed E-state index contributed by atoms with van der Waals surface area (Å²) in [5.41, 5.74) is 0. The molecule has 2 rings (SSSR count). The van der Waals surface area contributed by atoms with Gasteiger partial charge in [-0.3, -0.25) is 9.69 Å². The third kappa shape index (κ3) is 4.47. The molecule has 0 aliphatic carbocycles. The second kappa shape index (κ2) is 7.01. The molecule has 0 bridgehead atoms. The van der Waals surface area contributed by atoms with Gasteiger partial charge in [-0.1, -0.05) is 13.8 Å². The van der Waals surface area contributed by atoms with Crippen LogP contribution < -0.4 is 5.32 Å². The summed E-state index contributed by atoms with van der Waals surface area (Å²) in [7, 11) is -1.51. The molecule has 0 saturated carbocycles. The van der Waals surface area contributed by atoms with E-state index in [1.165, 1.54) is 11.5 Å². The molecule has 22 heavy (non-hydrogen) atoms. The maximum Gasteiger partial charge on any atom is 0.221 e. The number of carbonyl (C=O) groups is 1. The van der Waals surface area contributed by atoms with Crippen LogP contribution in [0.1, 0.15) is 37.0 Å². The number of sulfone groups is 1. The zero-order chi connectivity index (χ0) is 16.3. The topological polar surface area (TPSA) is 92.3 Å². The summed E-state index contributed by atoms with van der Waals surface area (Å²) < 4.78 is 28.0. The monoisotopic (exact) mass is 346 g/mol. The highest BCUT2D eigenvalue weighted by Crippen LogP contribution is 2.20. The summed E-state index contributed by atoms with van der Waals surface area (Å²) in [5, 5.41) is 3.42. The van der Waals surface area contributed by atoms with Gasteiger partial charge in [-0.25, -0.2) is 13.4 Å². The van der Waals surface area contributed by atoms with Crippen molar-refractivity contribution in [3.63, 3.8) is 0 Å². The lowest BCUT2D eigenvalue weighted by molar-refractivity contribution is -0.121. The molecule has 1 atom stereocenters. The summed E-state index contributed by atoms with van der Waals surface area (Å²) in [6.07, 6.45) is 0.186. The van der Waals surface area contributed by atoms with Crippen LogP contribution >= 0.6 is 11.5 Å². The number of amides is 1. The minimum atomic E-state index is -3.07. The first-order valence-electron chi connectivity index (χ1n) is 7.28. The van der Waals surface area contributed by atoms with Crippen molar-refractivity contribution in [2.75, 3.05) is 25.1 Å². The predicted octanol–water partition coefficient (Wildman–Crippen LogP) is 0.397. The molecule has 1 N–H and O–H groups in total. The van der Waals surface area contributed by atoms with Crippen molar-refractivity contribution < 1.29 is 13.2 Å². The maximum absolute atomic E-state index is 11.8. The SMILES string of the molecule is CNC(=O)CC1CS(=O)(=O)CCN1Cc1nc(C(C)C)ns1. The highest BCUT2D eigenvalue weighted by atomic mass is 32.2. The van der Waals surface area contributed by atoms with Gasteiger partial charge in [-0.15, -0.1) is 0 Å². The Morgan fingerprint density at radius 1 is 1.50 bits per heavy atom. The fourth-order valence-corrected chi connectivity index (χ4v) is 4.78. The highest BCUT2D eigenvalue weighted by molar-refractivity contribution is 7.91. The Hall–Kier alpha value is -1.06. The van der Waals surface area contributed by atoms with E-state index in [9.17, 15) is 13.2 Å². The van der Waals surface area contributed by atoms with Crippen molar-refractivity contribution in [2.45, 2.75) is 38.8 Å².